The summed E-state index contributed by atoms with van der Waals surface area (Å²) >= 11 is 0. The molecule has 0 aliphatic carbocycles. The van der Waals surface area contributed by atoms with Crippen LogP contribution in [0.5, 0.6) is 5.75 Å². The summed E-state index contributed by atoms with van der Waals surface area (Å²) in [6.07, 6.45) is -0.0166. The van der Waals surface area contributed by atoms with Gasteiger partial charge in [-0.05, 0) is 35.2 Å². The largest absolute Gasteiger partial charge is 0.476 e. The van der Waals surface area contributed by atoms with Crippen LogP contribution in [0.4, 0.5) is 11.4 Å². The normalized spacial score (nSPS) is 16.4. The van der Waals surface area contributed by atoms with Gasteiger partial charge in [-0.3, -0.25) is 13.9 Å². The van der Waals surface area contributed by atoms with E-state index in [1.807, 2.05) is 26.8 Å². The average molecular weight is 432 g/mol. The van der Waals surface area contributed by atoms with Crippen molar-refractivity contribution in [2.75, 3.05) is 22.4 Å². The lowest BCUT2D eigenvalue weighted by Gasteiger charge is -2.35. The van der Waals surface area contributed by atoms with Gasteiger partial charge in [0, 0.05) is 0 Å². The Morgan fingerprint density at radius 2 is 1.83 bits per heavy atom. The summed E-state index contributed by atoms with van der Waals surface area (Å²) in [5, 5.41) is 2.61. The third-order valence-corrected chi connectivity index (χ3v) is 5.98. The van der Waals surface area contributed by atoms with E-state index < -0.39 is 27.9 Å². The second-order valence-corrected chi connectivity index (χ2v) is 10.1. The SMILES string of the molecule is CC(C)(C)c1ccc2c(c1)N(S(C)(=O)=O)C[C@H](C(=O)Nc1ccccc1C(N)=O)O2. The van der Waals surface area contributed by atoms with Gasteiger partial charge in [-0.25, -0.2) is 8.42 Å². The summed E-state index contributed by atoms with van der Waals surface area (Å²) < 4.78 is 31.9. The maximum atomic E-state index is 12.8. The zero-order valence-electron chi connectivity index (χ0n) is 17.3. The van der Waals surface area contributed by atoms with Crippen LogP contribution in [-0.4, -0.2) is 39.1 Å². The van der Waals surface area contributed by atoms with Crippen LogP contribution in [0.15, 0.2) is 42.5 Å². The van der Waals surface area contributed by atoms with Crippen molar-refractivity contribution in [3.05, 3.63) is 53.6 Å². The van der Waals surface area contributed by atoms with Crippen molar-refractivity contribution in [1.82, 2.24) is 0 Å². The molecule has 160 valence electrons. The lowest BCUT2D eigenvalue weighted by atomic mass is 9.86. The number of carbonyl (C=O) groups is 2. The molecule has 9 heteroatoms. The van der Waals surface area contributed by atoms with Gasteiger partial charge in [0.25, 0.3) is 11.8 Å². The Balaban J connectivity index is 1.95. The Hall–Kier alpha value is -3.07. The van der Waals surface area contributed by atoms with E-state index in [1.54, 1.807) is 30.3 Å². The molecule has 1 atom stereocenters. The number of fused-ring (bicyclic) bond motifs is 1. The topological polar surface area (TPSA) is 119 Å². The molecule has 2 aromatic rings. The molecule has 0 radical (unpaired) electrons. The molecule has 1 aliphatic heterocycles. The predicted octanol–water partition coefficient (Wildman–Crippen LogP) is 2.25. The van der Waals surface area contributed by atoms with E-state index in [-0.39, 0.29) is 23.2 Å². The van der Waals surface area contributed by atoms with E-state index in [0.717, 1.165) is 11.8 Å². The van der Waals surface area contributed by atoms with E-state index in [1.165, 1.54) is 10.4 Å². The van der Waals surface area contributed by atoms with Gasteiger partial charge in [-0.2, -0.15) is 0 Å². The number of benzene rings is 2. The Morgan fingerprint density at radius 1 is 1.17 bits per heavy atom. The summed E-state index contributed by atoms with van der Waals surface area (Å²) in [7, 11) is -3.66. The van der Waals surface area contributed by atoms with Crippen LogP contribution in [0.25, 0.3) is 0 Å². The molecule has 0 saturated heterocycles. The number of anilines is 2. The molecule has 3 rings (SSSR count). The van der Waals surface area contributed by atoms with Gasteiger partial charge in [0.2, 0.25) is 10.0 Å². The van der Waals surface area contributed by atoms with E-state index >= 15 is 0 Å². The van der Waals surface area contributed by atoms with Gasteiger partial charge < -0.3 is 15.8 Å². The molecular weight excluding hydrogens is 406 g/mol. The molecule has 0 unspecified atom stereocenters. The number of nitrogens with one attached hydrogen (secondary N) is 1. The van der Waals surface area contributed by atoms with Crippen LogP contribution < -0.4 is 20.1 Å². The number of nitrogens with two attached hydrogens (primary N) is 1. The maximum Gasteiger partial charge on any atom is 0.267 e. The number of rotatable bonds is 4. The lowest BCUT2D eigenvalue weighted by molar-refractivity contribution is -0.122. The number of nitrogens with zero attached hydrogens (tertiary/aromatic N) is 1. The quantitative estimate of drug-likeness (QED) is 0.770. The van der Waals surface area contributed by atoms with Crippen molar-refractivity contribution in [1.29, 1.82) is 0 Å². The van der Waals surface area contributed by atoms with E-state index in [2.05, 4.69) is 5.32 Å². The van der Waals surface area contributed by atoms with Crippen LogP contribution in [0.2, 0.25) is 0 Å². The van der Waals surface area contributed by atoms with Crippen LogP contribution in [0.1, 0.15) is 36.7 Å². The summed E-state index contributed by atoms with van der Waals surface area (Å²) in [4.78, 5) is 24.4. The number of hydrogen-bond donors (Lipinski definition) is 2. The molecular formula is C21H25N3O5S. The van der Waals surface area contributed by atoms with Gasteiger partial charge in [0.1, 0.15) is 5.75 Å². The molecule has 2 aromatic carbocycles. The number of amides is 2. The highest BCUT2D eigenvalue weighted by molar-refractivity contribution is 7.92. The number of para-hydroxylation sites is 1. The third-order valence-electron chi connectivity index (χ3n) is 4.84. The van der Waals surface area contributed by atoms with Crippen molar-refractivity contribution >= 4 is 33.2 Å². The van der Waals surface area contributed by atoms with Gasteiger partial charge in [-0.1, -0.05) is 39.0 Å². The van der Waals surface area contributed by atoms with Gasteiger partial charge in [0.15, 0.2) is 6.10 Å². The summed E-state index contributed by atoms with van der Waals surface area (Å²) in [5.74, 6) is -0.973. The van der Waals surface area contributed by atoms with E-state index in [0.29, 0.717) is 11.4 Å². The Labute approximate surface area is 176 Å². The molecule has 30 heavy (non-hydrogen) atoms. The minimum atomic E-state index is -3.66. The molecule has 2 amide bonds. The number of carbonyl (C=O) groups excluding carboxylic acids is 2. The molecule has 0 aromatic heterocycles. The summed E-state index contributed by atoms with van der Waals surface area (Å²) in [5.41, 5.74) is 6.88. The fourth-order valence-electron chi connectivity index (χ4n) is 3.19. The Kier molecular flexibility index (Phi) is 5.51. The van der Waals surface area contributed by atoms with Gasteiger partial charge >= 0.3 is 0 Å². The third kappa shape index (κ3) is 4.40. The summed E-state index contributed by atoms with van der Waals surface area (Å²) in [6.45, 7) is 5.88. The van der Waals surface area contributed by atoms with Crippen molar-refractivity contribution in [3.63, 3.8) is 0 Å². The maximum absolute atomic E-state index is 12.8. The fraction of sp³-hybridized carbons (Fsp3) is 0.333. The highest BCUT2D eigenvalue weighted by atomic mass is 32.2. The van der Waals surface area contributed by atoms with Gasteiger partial charge in [0.05, 0.1) is 29.7 Å². The standard InChI is InChI=1S/C21H25N3O5S/c1-21(2,3)13-9-10-17-16(11-13)24(30(4,27)28)12-18(29-17)20(26)23-15-8-6-5-7-14(15)19(22)25/h5-11,18H,12H2,1-4H3,(H2,22,25)(H,23,26)/t18-/m1/s1. The molecule has 0 spiro atoms. The first kappa shape index (κ1) is 21.6. The monoisotopic (exact) mass is 431 g/mol. The number of primary amides is 1. The molecule has 0 fully saturated rings. The number of ether oxygens (including phenoxy) is 1. The molecule has 3 N–H and O–H groups in total. The summed E-state index contributed by atoms with van der Waals surface area (Å²) in [6, 6.07) is 11.6. The molecule has 1 aliphatic rings. The smallest absolute Gasteiger partial charge is 0.267 e. The van der Waals surface area contributed by atoms with Crippen molar-refractivity contribution in [2.45, 2.75) is 32.3 Å². The first-order valence-electron chi connectivity index (χ1n) is 9.36. The van der Waals surface area contributed by atoms with Crippen LogP contribution in [0, 0.1) is 0 Å². The highest BCUT2D eigenvalue weighted by Gasteiger charge is 2.36. The second kappa shape index (κ2) is 7.64. The van der Waals surface area contributed by atoms with Crippen LogP contribution in [0.3, 0.4) is 0 Å². The molecule has 0 saturated carbocycles. The minimum absolute atomic E-state index is 0.150. The number of sulfonamides is 1. The zero-order chi connectivity index (χ0) is 22.3. The van der Waals surface area contributed by atoms with Crippen molar-refractivity contribution in [3.8, 4) is 5.75 Å². The highest BCUT2D eigenvalue weighted by Crippen LogP contribution is 2.38. The lowest BCUT2D eigenvalue weighted by Crippen LogP contribution is -2.48. The Morgan fingerprint density at radius 3 is 2.43 bits per heavy atom. The van der Waals surface area contributed by atoms with Crippen molar-refractivity contribution < 1.29 is 22.7 Å². The minimum Gasteiger partial charge on any atom is -0.476 e. The van der Waals surface area contributed by atoms with Gasteiger partial charge in [-0.15, -0.1) is 0 Å². The average Bonchev–Trinajstić information content (AvgIpc) is 2.65. The molecule has 0 bridgehead atoms. The van der Waals surface area contributed by atoms with E-state index in [4.69, 9.17) is 10.5 Å². The second-order valence-electron chi connectivity index (χ2n) is 8.23. The predicted molar refractivity (Wildman–Crippen MR) is 115 cm³/mol. The molecule has 1 heterocycles. The van der Waals surface area contributed by atoms with Crippen molar-refractivity contribution in [2.24, 2.45) is 5.73 Å². The molecule has 8 nitrogen and oxygen atoms in total. The van der Waals surface area contributed by atoms with Crippen LogP contribution >= 0.6 is 0 Å². The first-order valence-corrected chi connectivity index (χ1v) is 11.2. The zero-order valence-corrected chi connectivity index (χ0v) is 18.1. The first-order chi connectivity index (χ1) is 13.9. The number of hydrogen-bond acceptors (Lipinski definition) is 5. The van der Waals surface area contributed by atoms with E-state index in [9.17, 15) is 18.0 Å². The van der Waals surface area contributed by atoms with Crippen LogP contribution in [-0.2, 0) is 20.2 Å². The fourth-order valence-corrected chi connectivity index (χ4v) is 4.09. The Bertz CT molecular complexity index is 1110.